The molecule has 0 aromatic heterocycles. The standard InChI is InChI=1S/C13H16N2O5/c1-13(2,3)14-12(17)8-20-11-6-9(7-16)4-5-10(11)15(18)19/h4-7H,8H2,1-3H3,(H,14,17). The van der Waals surface area contributed by atoms with Gasteiger partial charge in [-0.1, -0.05) is 0 Å². The maximum Gasteiger partial charge on any atom is 0.310 e. The molecule has 1 rings (SSSR count). The number of nitro groups is 1. The molecule has 1 aromatic carbocycles. The number of nitrogens with zero attached hydrogens (tertiary/aromatic N) is 1. The minimum atomic E-state index is -0.633. The number of nitro benzene ring substituents is 1. The molecule has 7 heteroatoms. The van der Waals surface area contributed by atoms with Crippen molar-refractivity contribution in [2.45, 2.75) is 26.3 Å². The molecular formula is C13H16N2O5. The molecular weight excluding hydrogens is 264 g/mol. The Bertz CT molecular complexity index is 534. The van der Waals surface area contributed by atoms with E-state index in [1.54, 1.807) is 20.8 Å². The maximum atomic E-state index is 11.6. The third kappa shape index (κ3) is 4.68. The first kappa shape index (κ1) is 15.6. The quantitative estimate of drug-likeness (QED) is 0.503. The zero-order chi connectivity index (χ0) is 15.3. The summed E-state index contributed by atoms with van der Waals surface area (Å²) in [4.78, 5) is 32.5. The molecule has 0 spiro atoms. The van der Waals surface area contributed by atoms with Gasteiger partial charge in [0, 0.05) is 17.2 Å². The molecule has 0 atom stereocenters. The number of amides is 1. The molecule has 0 saturated carbocycles. The average Bonchev–Trinajstić information content (AvgIpc) is 2.33. The monoisotopic (exact) mass is 280 g/mol. The predicted octanol–water partition coefficient (Wildman–Crippen LogP) is 1.70. The van der Waals surface area contributed by atoms with E-state index in [0.717, 1.165) is 0 Å². The highest BCUT2D eigenvalue weighted by Gasteiger charge is 2.18. The van der Waals surface area contributed by atoms with E-state index in [-0.39, 0.29) is 23.6 Å². The lowest BCUT2D eigenvalue weighted by atomic mass is 10.1. The number of rotatable bonds is 5. The Morgan fingerprint density at radius 3 is 2.60 bits per heavy atom. The lowest BCUT2D eigenvalue weighted by Gasteiger charge is -2.20. The van der Waals surface area contributed by atoms with Crippen LogP contribution in [0.25, 0.3) is 0 Å². The van der Waals surface area contributed by atoms with Crippen LogP contribution in [0.1, 0.15) is 31.1 Å². The molecule has 1 amide bonds. The minimum absolute atomic E-state index is 0.108. The molecule has 20 heavy (non-hydrogen) atoms. The summed E-state index contributed by atoms with van der Waals surface area (Å²) in [5.74, 6) is -0.507. The van der Waals surface area contributed by atoms with Crippen molar-refractivity contribution in [3.8, 4) is 5.75 Å². The Morgan fingerprint density at radius 1 is 1.45 bits per heavy atom. The summed E-state index contributed by atoms with van der Waals surface area (Å²) in [6, 6.07) is 3.71. The zero-order valence-corrected chi connectivity index (χ0v) is 11.5. The van der Waals surface area contributed by atoms with E-state index in [2.05, 4.69) is 5.32 Å². The first-order valence-electron chi connectivity index (χ1n) is 5.90. The number of aldehydes is 1. The van der Waals surface area contributed by atoms with Gasteiger partial charge in [-0.25, -0.2) is 0 Å². The largest absolute Gasteiger partial charge is 0.477 e. The molecule has 0 saturated heterocycles. The molecule has 0 aliphatic carbocycles. The van der Waals surface area contributed by atoms with Gasteiger partial charge in [0.15, 0.2) is 12.4 Å². The molecule has 0 bridgehead atoms. The number of ether oxygens (including phenoxy) is 1. The van der Waals surface area contributed by atoms with Gasteiger partial charge in [-0.05, 0) is 32.9 Å². The van der Waals surface area contributed by atoms with E-state index in [0.29, 0.717) is 6.29 Å². The van der Waals surface area contributed by atoms with Crippen LogP contribution in [0.15, 0.2) is 18.2 Å². The van der Waals surface area contributed by atoms with Gasteiger partial charge in [-0.2, -0.15) is 0 Å². The molecule has 108 valence electrons. The van der Waals surface area contributed by atoms with Crippen LogP contribution in [0.5, 0.6) is 5.75 Å². The van der Waals surface area contributed by atoms with Crippen molar-refractivity contribution in [2.24, 2.45) is 0 Å². The average molecular weight is 280 g/mol. The first-order valence-corrected chi connectivity index (χ1v) is 5.90. The third-order valence-electron chi connectivity index (χ3n) is 2.19. The van der Waals surface area contributed by atoms with Crippen molar-refractivity contribution in [2.75, 3.05) is 6.61 Å². The van der Waals surface area contributed by atoms with Gasteiger partial charge in [0.05, 0.1) is 4.92 Å². The number of nitrogens with one attached hydrogen (secondary N) is 1. The lowest BCUT2D eigenvalue weighted by molar-refractivity contribution is -0.385. The lowest BCUT2D eigenvalue weighted by Crippen LogP contribution is -2.43. The van der Waals surface area contributed by atoms with Gasteiger partial charge in [0.25, 0.3) is 5.91 Å². The molecule has 0 fully saturated rings. The summed E-state index contributed by atoms with van der Waals surface area (Å²) in [7, 11) is 0. The predicted molar refractivity (Wildman–Crippen MR) is 71.9 cm³/mol. The molecule has 0 aliphatic rings. The Labute approximate surface area is 116 Å². The summed E-state index contributed by atoms with van der Waals surface area (Å²) in [5, 5.41) is 13.5. The van der Waals surface area contributed by atoms with Crippen molar-refractivity contribution >= 4 is 17.9 Å². The summed E-state index contributed by atoms with van der Waals surface area (Å²) in [6.07, 6.45) is 0.547. The molecule has 7 nitrogen and oxygen atoms in total. The molecule has 1 aromatic rings. The SMILES string of the molecule is CC(C)(C)NC(=O)COc1cc(C=O)ccc1[N+](=O)[O-]. The van der Waals surface area contributed by atoms with Crippen LogP contribution in [0, 0.1) is 10.1 Å². The van der Waals surface area contributed by atoms with Gasteiger partial charge < -0.3 is 10.1 Å². The Morgan fingerprint density at radius 2 is 2.10 bits per heavy atom. The topological polar surface area (TPSA) is 98.5 Å². The fraction of sp³-hybridized carbons (Fsp3) is 0.385. The smallest absolute Gasteiger partial charge is 0.310 e. The van der Waals surface area contributed by atoms with E-state index in [4.69, 9.17) is 4.74 Å². The van der Waals surface area contributed by atoms with Gasteiger partial charge in [0.1, 0.15) is 6.29 Å². The normalized spacial score (nSPS) is 10.8. The van der Waals surface area contributed by atoms with E-state index >= 15 is 0 Å². The van der Waals surface area contributed by atoms with Crippen LogP contribution in [0.4, 0.5) is 5.69 Å². The van der Waals surface area contributed by atoms with Crippen LogP contribution in [0.3, 0.4) is 0 Å². The van der Waals surface area contributed by atoms with Gasteiger partial charge in [-0.3, -0.25) is 19.7 Å². The van der Waals surface area contributed by atoms with E-state index in [1.165, 1.54) is 18.2 Å². The maximum absolute atomic E-state index is 11.6. The molecule has 0 heterocycles. The van der Waals surface area contributed by atoms with E-state index in [9.17, 15) is 19.7 Å². The van der Waals surface area contributed by atoms with Gasteiger partial charge in [-0.15, -0.1) is 0 Å². The van der Waals surface area contributed by atoms with Crippen LogP contribution < -0.4 is 10.1 Å². The number of hydrogen-bond donors (Lipinski definition) is 1. The minimum Gasteiger partial charge on any atom is -0.477 e. The number of carbonyl (C=O) groups excluding carboxylic acids is 2. The first-order chi connectivity index (χ1) is 9.23. The third-order valence-corrected chi connectivity index (χ3v) is 2.19. The van der Waals surface area contributed by atoms with Crippen molar-refractivity contribution in [3.63, 3.8) is 0 Å². The zero-order valence-electron chi connectivity index (χ0n) is 11.5. The Balaban J connectivity index is 2.83. The van der Waals surface area contributed by atoms with Crippen LogP contribution in [0.2, 0.25) is 0 Å². The second-order valence-corrected chi connectivity index (χ2v) is 5.19. The summed E-state index contributed by atoms with van der Waals surface area (Å²) < 4.78 is 5.14. The van der Waals surface area contributed by atoms with Gasteiger partial charge >= 0.3 is 5.69 Å². The van der Waals surface area contributed by atoms with Crippen LogP contribution >= 0.6 is 0 Å². The number of hydrogen-bond acceptors (Lipinski definition) is 5. The van der Waals surface area contributed by atoms with Crippen LogP contribution in [-0.2, 0) is 4.79 Å². The van der Waals surface area contributed by atoms with Crippen molar-refractivity contribution in [3.05, 3.63) is 33.9 Å². The fourth-order valence-electron chi connectivity index (χ4n) is 1.47. The van der Waals surface area contributed by atoms with E-state index in [1.807, 2.05) is 0 Å². The number of benzene rings is 1. The molecule has 0 radical (unpaired) electrons. The molecule has 1 N–H and O–H groups in total. The van der Waals surface area contributed by atoms with Crippen molar-refractivity contribution < 1.29 is 19.2 Å². The second-order valence-electron chi connectivity index (χ2n) is 5.19. The highest BCUT2D eigenvalue weighted by molar-refractivity contribution is 5.79. The summed E-state index contributed by atoms with van der Waals surface area (Å²) in [6.45, 7) is 5.06. The van der Waals surface area contributed by atoms with Crippen LogP contribution in [-0.4, -0.2) is 29.3 Å². The molecule has 0 unspecified atom stereocenters. The summed E-state index contributed by atoms with van der Waals surface area (Å²) in [5.41, 5.74) is -0.474. The highest BCUT2D eigenvalue weighted by Crippen LogP contribution is 2.27. The van der Waals surface area contributed by atoms with Gasteiger partial charge in [0.2, 0.25) is 0 Å². The Hall–Kier alpha value is -2.44. The number of carbonyl (C=O) groups is 2. The highest BCUT2D eigenvalue weighted by atomic mass is 16.6. The second kappa shape index (κ2) is 6.14. The van der Waals surface area contributed by atoms with E-state index < -0.39 is 16.4 Å². The fourth-order valence-corrected chi connectivity index (χ4v) is 1.47. The summed E-state index contributed by atoms with van der Waals surface area (Å²) >= 11 is 0. The van der Waals surface area contributed by atoms with Crippen molar-refractivity contribution in [1.29, 1.82) is 0 Å². The molecule has 0 aliphatic heterocycles. The van der Waals surface area contributed by atoms with Crippen molar-refractivity contribution in [1.82, 2.24) is 5.32 Å². The Kier molecular flexibility index (Phi) is 4.79.